The van der Waals surface area contributed by atoms with Crippen LogP contribution in [0.5, 0.6) is 0 Å². The van der Waals surface area contributed by atoms with E-state index in [4.69, 9.17) is 0 Å². The van der Waals surface area contributed by atoms with Crippen LogP contribution in [-0.2, 0) is 11.3 Å². The minimum Gasteiger partial charge on any atom is -0.344 e. The summed E-state index contributed by atoms with van der Waals surface area (Å²) in [5, 5.41) is 3.08. The van der Waals surface area contributed by atoms with Gasteiger partial charge in [0.1, 0.15) is 6.54 Å². The van der Waals surface area contributed by atoms with Crippen molar-refractivity contribution in [1.29, 1.82) is 0 Å². The van der Waals surface area contributed by atoms with Gasteiger partial charge in [-0.2, -0.15) is 0 Å². The zero-order valence-corrected chi connectivity index (χ0v) is 15.7. The molecule has 0 bridgehead atoms. The highest BCUT2D eigenvalue weighted by Gasteiger charge is 2.26. The summed E-state index contributed by atoms with van der Waals surface area (Å²) >= 11 is 0. The molecule has 6 heteroatoms. The van der Waals surface area contributed by atoms with Gasteiger partial charge < -0.3 is 15.1 Å². The first-order chi connectivity index (χ1) is 12.6. The third kappa shape index (κ3) is 4.97. The molecule has 0 aromatic heterocycles. The Morgan fingerprint density at radius 1 is 1.12 bits per heavy atom. The molecule has 0 saturated carbocycles. The lowest BCUT2D eigenvalue weighted by atomic mass is 10.0. The Morgan fingerprint density at radius 2 is 1.92 bits per heavy atom. The summed E-state index contributed by atoms with van der Waals surface area (Å²) in [4.78, 5) is 30.3. The smallest absolute Gasteiger partial charge is 0.317 e. The topological polar surface area (TPSA) is 55.9 Å². The molecular formula is C20H30N4O2. The van der Waals surface area contributed by atoms with Gasteiger partial charge in [-0.1, -0.05) is 36.8 Å². The van der Waals surface area contributed by atoms with Gasteiger partial charge in [-0.25, -0.2) is 4.79 Å². The number of nitrogens with zero attached hydrogens (tertiary/aromatic N) is 3. The van der Waals surface area contributed by atoms with E-state index in [9.17, 15) is 9.59 Å². The molecule has 2 aliphatic rings. The average molecular weight is 358 g/mol. The highest BCUT2D eigenvalue weighted by Crippen LogP contribution is 2.19. The molecule has 2 aliphatic heterocycles. The average Bonchev–Trinajstić information content (AvgIpc) is 2.83. The first-order valence-electron chi connectivity index (χ1n) is 9.68. The number of carbonyl (C=O) groups excluding carboxylic acids is 2. The number of carbonyl (C=O) groups is 2. The van der Waals surface area contributed by atoms with E-state index in [2.05, 4.69) is 34.5 Å². The van der Waals surface area contributed by atoms with Gasteiger partial charge in [0.05, 0.1) is 0 Å². The van der Waals surface area contributed by atoms with Crippen LogP contribution in [-0.4, -0.2) is 72.5 Å². The van der Waals surface area contributed by atoms with Crippen LogP contribution in [0.3, 0.4) is 0 Å². The fourth-order valence-electron chi connectivity index (χ4n) is 3.79. The van der Waals surface area contributed by atoms with E-state index in [1.807, 2.05) is 6.07 Å². The van der Waals surface area contributed by atoms with Gasteiger partial charge in [-0.3, -0.25) is 9.69 Å². The van der Waals surface area contributed by atoms with Crippen LogP contribution in [0, 0.1) is 0 Å². The minimum absolute atomic E-state index is 0.0148. The van der Waals surface area contributed by atoms with Crippen LogP contribution >= 0.6 is 0 Å². The third-order valence-corrected chi connectivity index (χ3v) is 5.43. The van der Waals surface area contributed by atoms with Crippen molar-refractivity contribution < 1.29 is 9.59 Å². The summed E-state index contributed by atoms with van der Waals surface area (Å²) < 4.78 is 0. The lowest BCUT2D eigenvalue weighted by molar-refractivity contribution is -0.129. The molecule has 0 radical (unpaired) electrons. The summed E-state index contributed by atoms with van der Waals surface area (Å²) in [5.41, 5.74) is 1.31. The molecule has 1 atom stereocenters. The van der Waals surface area contributed by atoms with Gasteiger partial charge in [0.2, 0.25) is 5.91 Å². The summed E-state index contributed by atoms with van der Waals surface area (Å²) in [6.45, 7) is 4.18. The highest BCUT2D eigenvalue weighted by molar-refractivity contribution is 5.84. The van der Waals surface area contributed by atoms with Gasteiger partial charge in [0.25, 0.3) is 0 Å². The number of likely N-dealkylation sites (N-methyl/N-ethyl adjacent to an activating group) is 1. The van der Waals surface area contributed by atoms with Gasteiger partial charge in [0.15, 0.2) is 0 Å². The molecule has 1 aromatic carbocycles. The molecule has 2 fully saturated rings. The summed E-state index contributed by atoms with van der Waals surface area (Å²) in [7, 11) is 1.80. The van der Waals surface area contributed by atoms with Crippen LogP contribution in [0.25, 0.3) is 0 Å². The van der Waals surface area contributed by atoms with Crippen molar-refractivity contribution in [3.63, 3.8) is 0 Å². The van der Waals surface area contributed by atoms with E-state index >= 15 is 0 Å². The van der Waals surface area contributed by atoms with E-state index in [0.29, 0.717) is 19.1 Å². The Morgan fingerprint density at radius 3 is 2.73 bits per heavy atom. The monoisotopic (exact) mass is 358 g/mol. The second-order valence-electron chi connectivity index (χ2n) is 7.38. The molecule has 0 spiro atoms. The first-order valence-corrected chi connectivity index (χ1v) is 9.68. The molecule has 26 heavy (non-hydrogen) atoms. The van der Waals surface area contributed by atoms with E-state index in [1.165, 1.54) is 18.4 Å². The summed E-state index contributed by atoms with van der Waals surface area (Å²) in [6, 6.07) is 10.7. The number of rotatable bonds is 4. The molecule has 1 aromatic rings. The molecule has 6 nitrogen and oxygen atoms in total. The summed E-state index contributed by atoms with van der Waals surface area (Å²) in [5.74, 6) is 0.0148. The number of benzene rings is 1. The fraction of sp³-hybridized carbons (Fsp3) is 0.600. The van der Waals surface area contributed by atoms with Gasteiger partial charge in [0, 0.05) is 39.3 Å². The van der Waals surface area contributed by atoms with Gasteiger partial charge in [-0.15, -0.1) is 0 Å². The molecule has 3 rings (SSSR count). The molecule has 142 valence electrons. The molecule has 3 amide bonds. The standard InChI is InChI=1S/C20H30N4O2/c1-22-11-7-13-24(16-19(22)25)20(26)21-14-18-10-5-6-12-23(18)15-17-8-3-2-4-9-17/h2-4,8-9,18H,5-7,10-16H2,1H3,(H,21,26)/t18-/m1/s1. The van der Waals surface area contributed by atoms with E-state index in [-0.39, 0.29) is 18.5 Å². The molecular weight excluding hydrogens is 328 g/mol. The van der Waals surface area contributed by atoms with Crippen molar-refractivity contribution in [3.05, 3.63) is 35.9 Å². The minimum atomic E-state index is -0.112. The van der Waals surface area contributed by atoms with Crippen molar-refractivity contribution in [2.24, 2.45) is 0 Å². The number of urea groups is 1. The lowest BCUT2D eigenvalue weighted by Gasteiger charge is -2.36. The number of hydrogen-bond donors (Lipinski definition) is 1. The zero-order valence-electron chi connectivity index (χ0n) is 15.7. The molecule has 1 N–H and O–H groups in total. The maximum absolute atomic E-state index is 12.5. The normalized spacial score (nSPS) is 22.2. The number of amides is 3. The zero-order chi connectivity index (χ0) is 18.4. The van der Waals surface area contributed by atoms with Crippen molar-refractivity contribution in [2.75, 3.05) is 39.8 Å². The SMILES string of the molecule is CN1CCCN(C(=O)NC[C@H]2CCCCN2Cc2ccccc2)CC1=O. The Labute approximate surface area is 156 Å². The van der Waals surface area contributed by atoms with Crippen molar-refractivity contribution in [3.8, 4) is 0 Å². The summed E-state index contributed by atoms with van der Waals surface area (Å²) in [6.07, 6.45) is 4.36. The van der Waals surface area contributed by atoms with Crippen LogP contribution in [0.2, 0.25) is 0 Å². The number of piperidine rings is 1. The number of nitrogens with one attached hydrogen (secondary N) is 1. The van der Waals surface area contributed by atoms with Crippen LogP contribution in [0.4, 0.5) is 4.79 Å². The Hall–Kier alpha value is -2.08. The molecule has 0 aliphatic carbocycles. The number of likely N-dealkylation sites (tertiary alicyclic amines) is 1. The number of hydrogen-bond acceptors (Lipinski definition) is 3. The molecule has 2 saturated heterocycles. The van der Waals surface area contributed by atoms with Crippen LogP contribution < -0.4 is 5.32 Å². The third-order valence-electron chi connectivity index (χ3n) is 5.43. The lowest BCUT2D eigenvalue weighted by Crippen LogP contribution is -2.50. The van der Waals surface area contributed by atoms with Crippen LogP contribution in [0.1, 0.15) is 31.2 Å². The van der Waals surface area contributed by atoms with E-state index in [0.717, 1.165) is 32.5 Å². The van der Waals surface area contributed by atoms with Crippen molar-refractivity contribution in [2.45, 2.75) is 38.3 Å². The Bertz CT molecular complexity index is 607. The highest BCUT2D eigenvalue weighted by atomic mass is 16.2. The van der Waals surface area contributed by atoms with Gasteiger partial charge in [-0.05, 0) is 31.4 Å². The largest absolute Gasteiger partial charge is 0.344 e. The Balaban J connectivity index is 1.53. The van der Waals surface area contributed by atoms with Crippen molar-refractivity contribution >= 4 is 11.9 Å². The predicted molar refractivity (Wildman–Crippen MR) is 102 cm³/mol. The first kappa shape index (κ1) is 18.7. The maximum Gasteiger partial charge on any atom is 0.317 e. The molecule has 0 unspecified atom stereocenters. The van der Waals surface area contributed by atoms with Crippen LogP contribution in [0.15, 0.2) is 30.3 Å². The van der Waals surface area contributed by atoms with E-state index in [1.54, 1.807) is 16.8 Å². The predicted octanol–water partition coefficient (Wildman–Crippen LogP) is 1.91. The second-order valence-corrected chi connectivity index (χ2v) is 7.38. The quantitative estimate of drug-likeness (QED) is 0.895. The van der Waals surface area contributed by atoms with Crippen molar-refractivity contribution in [1.82, 2.24) is 20.0 Å². The second kappa shape index (κ2) is 9.03. The fourth-order valence-corrected chi connectivity index (χ4v) is 3.79. The van der Waals surface area contributed by atoms with E-state index < -0.39 is 0 Å². The van der Waals surface area contributed by atoms with Gasteiger partial charge >= 0.3 is 6.03 Å². The Kier molecular flexibility index (Phi) is 6.50. The maximum atomic E-state index is 12.5. The molecule has 2 heterocycles.